The standard InChI is InChI=1S/C26H36N2O/c1-4-20(5-2)25-26(29)27-24(23-15-21-13-9-10-14-22(21)16-23)18(3)28(25)17-19-11-7-6-8-12-19/h6-7,9,11,13,20,23-25H,3-5,8,10,12,14-17H2,1-2H3,(H,27,29)/t23?,24-,25+/m0/s1. The van der Waals surface area contributed by atoms with Crippen molar-refractivity contribution in [2.75, 3.05) is 6.54 Å². The van der Waals surface area contributed by atoms with Crippen molar-refractivity contribution in [3.63, 3.8) is 0 Å². The van der Waals surface area contributed by atoms with E-state index in [0.29, 0.717) is 11.8 Å². The van der Waals surface area contributed by atoms with Crippen molar-refractivity contribution < 1.29 is 4.79 Å². The van der Waals surface area contributed by atoms with Crippen LogP contribution in [0.1, 0.15) is 65.2 Å². The Hall–Kier alpha value is -2.03. The molecule has 1 fully saturated rings. The summed E-state index contributed by atoms with van der Waals surface area (Å²) in [5.74, 6) is 1.03. The summed E-state index contributed by atoms with van der Waals surface area (Å²) in [7, 11) is 0. The second-order valence-electron chi connectivity index (χ2n) is 9.16. The van der Waals surface area contributed by atoms with Crippen LogP contribution in [-0.2, 0) is 4.79 Å². The fourth-order valence-electron chi connectivity index (χ4n) is 5.73. The van der Waals surface area contributed by atoms with Crippen LogP contribution < -0.4 is 5.32 Å². The Kier molecular flexibility index (Phi) is 6.12. The van der Waals surface area contributed by atoms with Gasteiger partial charge in [0.15, 0.2) is 0 Å². The first-order valence-corrected chi connectivity index (χ1v) is 11.6. The van der Waals surface area contributed by atoms with E-state index in [9.17, 15) is 4.79 Å². The average Bonchev–Trinajstić information content (AvgIpc) is 3.18. The maximum absolute atomic E-state index is 13.4. The Morgan fingerprint density at radius 3 is 2.66 bits per heavy atom. The van der Waals surface area contributed by atoms with Crippen LogP contribution in [0.25, 0.3) is 0 Å². The Morgan fingerprint density at radius 2 is 1.97 bits per heavy atom. The van der Waals surface area contributed by atoms with Crippen molar-refractivity contribution in [1.82, 2.24) is 10.2 Å². The number of hydrogen-bond donors (Lipinski definition) is 1. The molecule has 3 atom stereocenters. The third-order valence-electron chi connectivity index (χ3n) is 7.45. The molecule has 4 rings (SSSR count). The predicted octanol–water partition coefficient (Wildman–Crippen LogP) is 5.44. The molecule has 0 aromatic rings. The van der Waals surface area contributed by atoms with Gasteiger partial charge in [0.1, 0.15) is 6.04 Å². The molecule has 0 aromatic carbocycles. The summed E-state index contributed by atoms with van der Waals surface area (Å²) in [6.07, 6.45) is 20.0. The number of carbonyl (C=O) groups excluding carboxylic acids is 1. The van der Waals surface area contributed by atoms with Gasteiger partial charge in [-0.1, -0.05) is 74.8 Å². The van der Waals surface area contributed by atoms with Gasteiger partial charge in [-0.25, -0.2) is 0 Å². The molecule has 156 valence electrons. The molecule has 1 unspecified atom stereocenters. The average molecular weight is 393 g/mol. The van der Waals surface area contributed by atoms with Gasteiger partial charge in [-0.15, -0.1) is 0 Å². The van der Waals surface area contributed by atoms with E-state index < -0.39 is 0 Å². The highest BCUT2D eigenvalue weighted by atomic mass is 16.2. The molecule has 3 aliphatic carbocycles. The van der Waals surface area contributed by atoms with Crippen molar-refractivity contribution in [2.45, 2.75) is 77.3 Å². The van der Waals surface area contributed by atoms with E-state index in [1.807, 2.05) is 0 Å². The summed E-state index contributed by atoms with van der Waals surface area (Å²) in [5.41, 5.74) is 5.67. The summed E-state index contributed by atoms with van der Waals surface area (Å²) < 4.78 is 0. The van der Waals surface area contributed by atoms with Crippen LogP contribution >= 0.6 is 0 Å². The molecule has 3 nitrogen and oxygen atoms in total. The van der Waals surface area contributed by atoms with Gasteiger partial charge >= 0.3 is 0 Å². The van der Waals surface area contributed by atoms with E-state index >= 15 is 0 Å². The van der Waals surface area contributed by atoms with Crippen LogP contribution in [0.5, 0.6) is 0 Å². The number of amides is 1. The molecule has 4 aliphatic rings. The normalized spacial score (nSPS) is 29.4. The van der Waals surface area contributed by atoms with E-state index in [0.717, 1.165) is 57.2 Å². The molecule has 1 heterocycles. The lowest BCUT2D eigenvalue weighted by Gasteiger charge is -2.47. The van der Waals surface area contributed by atoms with Crippen LogP contribution in [-0.4, -0.2) is 29.4 Å². The van der Waals surface area contributed by atoms with E-state index in [1.165, 1.54) is 17.6 Å². The molecule has 1 N–H and O–H groups in total. The van der Waals surface area contributed by atoms with Crippen molar-refractivity contribution in [3.8, 4) is 0 Å². The molecular formula is C26H36N2O. The highest BCUT2D eigenvalue weighted by Gasteiger charge is 2.44. The first kappa shape index (κ1) is 20.3. The monoisotopic (exact) mass is 392 g/mol. The summed E-state index contributed by atoms with van der Waals surface area (Å²) in [5, 5.41) is 3.42. The largest absolute Gasteiger partial charge is 0.357 e. The Bertz CT molecular complexity index is 781. The van der Waals surface area contributed by atoms with Crippen LogP contribution in [0.3, 0.4) is 0 Å². The molecule has 3 heteroatoms. The lowest BCUT2D eigenvalue weighted by molar-refractivity contribution is -0.131. The fraction of sp³-hybridized carbons (Fsp3) is 0.577. The van der Waals surface area contributed by atoms with Gasteiger partial charge in [-0.3, -0.25) is 4.79 Å². The first-order valence-electron chi connectivity index (χ1n) is 11.6. The zero-order chi connectivity index (χ0) is 20.4. The zero-order valence-corrected chi connectivity index (χ0v) is 18.1. The molecule has 1 aliphatic heterocycles. The van der Waals surface area contributed by atoms with Gasteiger partial charge < -0.3 is 10.2 Å². The number of nitrogens with zero attached hydrogens (tertiary/aromatic N) is 1. The maximum Gasteiger partial charge on any atom is 0.243 e. The van der Waals surface area contributed by atoms with Crippen molar-refractivity contribution in [2.24, 2.45) is 11.8 Å². The lowest BCUT2D eigenvalue weighted by Crippen LogP contribution is -2.62. The first-order chi connectivity index (χ1) is 14.1. The Labute approximate surface area is 176 Å². The predicted molar refractivity (Wildman–Crippen MR) is 120 cm³/mol. The van der Waals surface area contributed by atoms with Gasteiger partial charge in [0.05, 0.1) is 6.04 Å². The number of hydrogen-bond acceptors (Lipinski definition) is 2. The van der Waals surface area contributed by atoms with Crippen LogP contribution in [0.2, 0.25) is 0 Å². The van der Waals surface area contributed by atoms with Crippen LogP contribution in [0.4, 0.5) is 0 Å². The maximum atomic E-state index is 13.4. The number of carbonyl (C=O) groups is 1. The minimum absolute atomic E-state index is 0.0619. The number of rotatable bonds is 6. The zero-order valence-electron chi connectivity index (χ0n) is 18.1. The third kappa shape index (κ3) is 4.01. The van der Waals surface area contributed by atoms with Gasteiger partial charge in [0.25, 0.3) is 0 Å². The van der Waals surface area contributed by atoms with Crippen molar-refractivity contribution in [1.29, 1.82) is 0 Å². The van der Waals surface area contributed by atoms with Gasteiger partial charge in [0, 0.05) is 12.2 Å². The number of allylic oxidation sites excluding steroid dienone is 7. The highest BCUT2D eigenvalue weighted by molar-refractivity contribution is 5.84. The van der Waals surface area contributed by atoms with Crippen molar-refractivity contribution in [3.05, 3.63) is 59.4 Å². The fourth-order valence-corrected chi connectivity index (χ4v) is 5.73. The summed E-state index contributed by atoms with van der Waals surface area (Å²) in [6, 6.07) is -0.0312. The number of nitrogens with one attached hydrogen (secondary N) is 1. The Balaban J connectivity index is 1.57. The minimum Gasteiger partial charge on any atom is -0.357 e. The second-order valence-corrected chi connectivity index (χ2v) is 9.16. The summed E-state index contributed by atoms with van der Waals surface area (Å²) >= 11 is 0. The van der Waals surface area contributed by atoms with Gasteiger partial charge in [-0.2, -0.15) is 0 Å². The molecule has 0 saturated carbocycles. The molecule has 1 amide bonds. The van der Waals surface area contributed by atoms with E-state index in [1.54, 1.807) is 5.57 Å². The van der Waals surface area contributed by atoms with Crippen molar-refractivity contribution >= 4 is 5.91 Å². The second kappa shape index (κ2) is 8.77. The third-order valence-corrected chi connectivity index (χ3v) is 7.45. The van der Waals surface area contributed by atoms with Gasteiger partial charge in [-0.05, 0) is 55.9 Å². The van der Waals surface area contributed by atoms with Gasteiger partial charge in [0.2, 0.25) is 5.91 Å². The topological polar surface area (TPSA) is 32.3 Å². The van der Waals surface area contributed by atoms with E-state index in [-0.39, 0.29) is 18.0 Å². The molecule has 29 heavy (non-hydrogen) atoms. The minimum atomic E-state index is -0.0931. The summed E-state index contributed by atoms with van der Waals surface area (Å²) in [4.78, 5) is 15.8. The quantitative estimate of drug-likeness (QED) is 0.653. The molecule has 0 aromatic heterocycles. The van der Waals surface area contributed by atoms with Crippen LogP contribution in [0.15, 0.2) is 59.4 Å². The molecule has 0 radical (unpaired) electrons. The van der Waals surface area contributed by atoms with Crippen LogP contribution in [0, 0.1) is 11.8 Å². The molecule has 1 saturated heterocycles. The SMILES string of the molecule is C=C1[C@@H](C2CC3=C(CCC=C3)C2)NC(=O)[C@@H](C(CC)CC)N1CC1=CC=CCC1. The molecule has 0 spiro atoms. The number of piperazine rings is 1. The molecule has 0 bridgehead atoms. The molecular weight excluding hydrogens is 356 g/mol. The Morgan fingerprint density at radius 1 is 1.17 bits per heavy atom. The van der Waals surface area contributed by atoms with E-state index in [2.05, 4.69) is 61.0 Å². The highest BCUT2D eigenvalue weighted by Crippen LogP contribution is 2.42. The smallest absolute Gasteiger partial charge is 0.243 e. The lowest BCUT2D eigenvalue weighted by atomic mass is 9.84. The summed E-state index contributed by atoms with van der Waals surface area (Å²) in [6.45, 7) is 9.82. The van der Waals surface area contributed by atoms with E-state index in [4.69, 9.17) is 0 Å².